The highest BCUT2D eigenvalue weighted by Gasteiger charge is 2.28. The van der Waals surface area contributed by atoms with Crippen molar-refractivity contribution in [3.8, 4) is 0 Å². The van der Waals surface area contributed by atoms with E-state index in [9.17, 15) is 4.79 Å². The fourth-order valence-corrected chi connectivity index (χ4v) is 3.14. The van der Waals surface area contributed by atoms with Gasteiger partial charge in [-0.25, -0.2) is 4.68 Å². The van der Waals surface area contributed by atoms with Crippen molar-refractivity contribution in [2.45, 2.75) is 44.2 Å². The molecule has 0 N–H and O–H groups in total. The smallest absolute Gasteiger partial charge is 0.248 e. The maximum Gasteiger partial charge on any atom is 0.248 e. The lowest BCUT2D eigenvalue weighted by Gasteiger charge is -2.22. The predicted molar refractivity (Wildman–Crippen MR) is 94.4 cm³/mol. The van der Waals surface area contributed by atoms with E-state index in [1.54, 1.807) is 11.9 Å². The van der Waals surface area contributed by atoms with Crippen molar-refractivity contribution in [2.75, 3.05) is 7.05 Å². The van der Waals surface area contributed by atoms with Crippen LogP contribution in [0.25, 0.3) is 0 Å². The van der Waals surface area contributed by atoms with Crippen molar-refractivity contribution in [3.63, 3.8) is 0 Å². The molecule has 1 saturated carbocycles. The average molecular weight is 367 g/mol. The Morgan fingerprint density at radius 2 is 2.15 bits per heavy atom. The molecule has 0 spiro atoms. The Hall–Kier alpha value is -3.10. The van der Waals surface area contributed by atoms with Gasteiger partial charge in [-0.2, -0.15) is 4.98 Å². The number of hydrogen-bond acceptors (Lipinski definition) is 7. The predicted octanol–water partition coefficient (Wildman–Crippen LogP) is 1.77. The zero-order chi connectivity index (χ0) is 18.6. The van der Waals surface area contributed by atoms with E-state index in [1.165, 1.54) is 17.4 Å². The number of amides is 1. The number of hydrogen-bond donors (Lipinski definition) is 0. The van der Waals surface area contributed by atoms with E-state index in [1.807, 2.05) is 30.3 Å². The molecule has 1 aliphatic rings. The second kappa shape index (κ2) is 7.65. The summed E-state index contributed by atoms with van der Waals surface area (Å²) in [6.07, 6.45) is 5.34. The van der Waals surface area contributed by atoms with E-state index in [-0.39, 0.29) is 12.5 Å². The molecule has 0 radical (unpaired) electrons. The summed E-state index contributed by atoms with van der Waals surface area (Å²) in [7, 11) is 1.73. The Balaban J connectivity index is 1.47. The summed E-state index contributed by atoms with van der Waals surface area (Å²) in [5.74, 6) is 1.46. The van der Waals surface area contributed by atoms with E-state index < -0.39 is 6.04 Å². The number of aromatic nitrogens is 6. The Morgan fingerprint density at radius 3 is 2.81 bits per heavy atom. The van der Waals surface area contributed by atoms with Crippen molar-refractivity contribution in [1.29, 1.82) is 0 Å². The number of carbonyl (C=O) groups excluding carboxylic acids is 1. The Morgan fingerprint density at radius 1 is 1.33 bits per heavy atom. The van der Waals surface area contributed by atoms with Gasteiger partial charge in [-0.15, -0.1) is 5.10 Å². The highest BCUT2D eigenvalue weighted by atomic mass is 16.5. The van der Waals surface area contributed by atoms with Gasteiger partial charge in [0, 0.05) is 19.4 Å². The largest absolute Gasteiger partial charge is 0.339 e. The Labute approximate surface area is 156 Å². The van der Waals surface area contributed by atoms with E-state index in [0.29, 0.717) is 24.1 Å². The van der Waals surface area contributed by atoms with Gasteiger partial charge in [-0.3, -0.25) is 4.79 Å². The molecule has 0 unspecified atom stereocenters. The van der Waals surface area contributed by atoms with Gasteiger partial charge in [-0.05, 0) is 28.8 Å². The molecule has 27 heavy (non-hydrogen) atoms. The summed E-state index contributed by atoms with van der Waals surface area (Å²) < 4.78 is 6.83. The summed E-state index contributed by atoms with van der Waals surface area (Å²) in [6, 6.07) is 9.26. The third kappa shape index (κ3) is 3.86. The van der Waals surface area contributed by atoms with E-state index in [0.717, 1.165) is 18.4 Å². The SMILES string of the molecule is CN(Cc1noc(C2CCC2)n1)C(=O)[C@@H](Cc1ccccc1)n1cnnn1. The summed E-state index contributed by atoms with van der Waals surface area (Å²) in [5.41, 5.74) is 1.03. The van der Waals surface area contributed by atoms with Crippen LogP contribution in [0.3, 0.4) is 0 Å². The molecule has 3 aromatic rings. The number of carbonyl (C=O) groups is 1. The van der Waals surface area contributed by atoms with Crippen LogP contribution in [0.1, 0.15) is 48.5 Å². The first-order valence-electron chi connectivity index (χ1n) is 9.04. The molecule has 1 amide bonds. The molecule has 140 valence electrons. The minimum absolute atomic E-state index is 0.110. The topological polar surface area (TPSA) is 103 Å². The second-order valence-corrected chi connectivity index (χ2v) is 6.87. The van der Waals surface area contributed by atoms with E-state index in [4.69, 9.17) is 4.52 Å². The van der Waals surface area contributed by atoms with Crippen LogP contribution in [-0.2, 0) is 17.8 Å². The Bertz CT molecular complexity index is 874. The fourth-order valence-electron chi connectivity index (χ4n) is 3.14. The van der Waals surface area contributed by atoms with E-state index >= 15 is 0 Å². The van der Waals surface area contributed by atoms with Gasteiger partial charge in [0.15, 0.2) is 5.82 Å². The lowest BCUT2D eigenvalue weighted by molar-refractivity contribution is -0.134. The van der Waals surface area contributed by atoms with Gasteiger partial charge in [0.25, 0.3) is 0 Å². The number of tetrazole rings is 1. The van der Waals surface area contributed by atoms with Gasteiger partial charge >= 0.3 is 0 Å². The van der Waals surface area contributed by atoms with Crippen molar-refractivity contribution in [1.82, 2.24) is 35.2 Å². The molecule has 1 atom stereocenters. The van der Waals surface area contributed by atoms with Crippen LogP contribution >= 0.6 is 0 Å². The van der Waals surface area contributed by atoms with E-state index in [2.05, 4.69) is 25.7 Å². The van der Waals surface area contributed by atoms with Gasteiger partial charge < -0.3 is 9.42 Å². The van der Waals surface area contributed by atoms with Crippen LogP contribution in [0.15, 0.2) is 41.2 Å². The maximum absolute atomic E-state index is 13.1. The lowest BCUT2D eigenvalue weighted by Crippen LogP contribution is -2.36. The number of nitrogens with zero attached hydrogens (tertiary/aromatic N) is 7. The molecule has 9 nitrogen and oxygen atoms in total. The van der Waals surface area contributed by atoms with Crippen LogP contribution in [0.5, 0.6) is 0 Å². The first kappa shape index (κ1) is 17.3. The van der Waals surface area contributed by atoms with Gasteiger partial charge in [0.1, 0.15) is 12.4 Å². The first-order valence-corrected chi connectivity index (χ1v) is 9.04. The van der Waals surface area contributed by atoms with Crippen molar-refractivity contribution in [2.24, 2.45) is 0 Å². The summed E-state index contributed by atoms with van der Waals surface area (Å²) in [4.78, 5) is 19.1. The molecule has 2 heterocycles. The van der Waals surface area contributed by atoms with Crippen LogP contribution in [0, 0.1) is 0 Å². The Kier molecular flexibility index (Phi) is 4.91. The molecule has 9 heteroatoms. The lowest BCUT2D eigenvalue weighted by atomic mass is 9.85. The molecule has 2 aromatic heterocycles. The zero-order valence-electron chi connectivity index (χ0n) is 15.1. The van der Waals surface area contributed by atoms with Crippen LogP contribution in [-0.4, -0.2) is 48.2 Å². The molecule has 4 rings (SSSR count). The highest BCUT2D eigenvalue weighted by molar-refractivity contribution is 5.80. The normalized spacial score (nSPS) is 15.3. The monoisotopic (exact) mass is 367 g/mol. The highest BCUT2D eigenvalue weighted by Crippen LogP contribution is 2.35. The van der Waals surface area contributed by atoms with Crippen molar-refractivity contribution >= 4 is 5.91 Å². The zero-order valence-corrected chi connectivity index (χ0v) is 15.1. The summed E-state index contributed by atoms with van der Waals surface area (Å²) in [6.45, 7) is 0.280. The molecular formula is C18H21N7O2. The third-order valence-electron chi connectivity index (χ3n) is 4.93. The van der Waals surface area contributed by atoms with Crippen molar-refractivity contribution in [3.05, 3.63) is 53.9 Å². The molecule has 1 aromatic carbocycles. The quantitative estimate of drug-likeness (QED) is 0.627. The third-order valence-corrected chi connectivity index (χ3v) is 4.93. The standard InChI is InChI=1S/C18H21N7O2/c1-24(11-16-20-17(27-21-16)14-8-5-9-14)18(26)15(25-12-19-22-23-25)10-13-6-3-2-4-7-13/h2-4,6-7,12,14-15H,5,8-11H2,1H3/t15-/m1/s1. The summed E-state index contributed by atoms with van der Waals surface area (Å²) >= 11 is 0. The number of benzene rings is 1. The van der Waals surface area contributed by atoms with Crippen molar-refractivity contribution < 1.29 is 9.32 Å². The molecule has 0 bridgehead atoms. The number of rotatable bonds is 7. The average Bonchev–Trinajstić information content (AvgIpc) is 3.31. The molecule has 0 aliphatic heterocycles. The molecule has 1 aliphatic carbocycles. The molecule has 0 saturated heterocycles. The molecule has 1 fully saturated rings. The number of likely N-dealkylation sites (N-methyl/N-ethyl adjacent to an activating group) is 1. The molecular weight excluding hydrogens is 346 g/mol. The van der Waals surface area contributed by atoms with Crippen LogP contribution in [0.4, 0.5) is 0 Å². The van der Waals surface area contributed by atoms with Crippen LogP contribution < -0.4 is 0 Å². The van der Waals surface area contributed by atoms with Gasteiger partial charge in [-0.1, -0.05) is 41.9 Å². The minimum Gasteiger partial charge on any atom is -0.339 e. The van der Waals surface area contributed by atoms with Gasteiger partial charge in [0.05, 0.1) is 6.54 Å². The summed E-state index contributed by atoms with van der Waals surface area (Å²) in [5, 5.41) is 15.3. The van der Waals surface area contributed by atoms with Gasteiger partial charge in [0.2, 0.25) is 11.8 Å². The first-order chi connectivity index (χ1) is 13.2. The second-order valence-electron chi connectivity index (χ2n) is 6.87. The maximum atomic E-state index is 13.1. The fraction of sp³-hybridized carbons (Fsp3) is 0.444. The van der Waals surface area contributed by atoms with Crippen LogP contribution in [0.2, 0.25) is 0 Å². The minimum atomic E-state index is -0.537.